The topological polar surface area (TPSA) is 137 Å². The highest BCUT2D eigenvalue weighted by Crippen LogP contribution is 2.66. The van der Waals surface area contributed by atoms with Gasteiger partial charge in [0.2, 0.25) is 17.6 Å². The quantitative estimate of drug-likeness (QED) is 0.362. The Hall–Kier alpha value is -3.87. The van der Waals surface area contributed by atoms with Crippen LogP contribution in [-0.4, -0.2) is 41.7 Å². The molecule has 4 aromatic rings. The third kappa shape index (κ3) is 4.12. The van der Waals surface area contributed by atoms with Gasteiger partial charge in [-0.3, -0.25) is 4.99 Å². The van der Waals surface area contributed by atoms with Crippen molar-refractivity contribution in [1.29, 1.82) is 0 Å². The molecule has 0 unspecified atom stereocenters. The first kappa shape index (κ1) is 23.5. The van der Waals surface area contributed by atoms with E-state index in [1.807, 2.05) is 6.92 Å². The van der Waals surface area contributed by atoms with E-state index in [0.717, 1.165) is 0 Å². The number of alkyl halides is 1. The van der Waals surface area contributed by atoms with Gasteiger partial charge in [-0.25, -0.2) is 23.7 Å². The van der Waals surface area contributed by atoms with Gasteiger partial charge in [0.25, 0.3) is 0 Å². The van der Waals surface area contributed by atoms with Crippen LogP contribution in [0.1, 0.15) is 30.6 Å². The average Bonchev–Trinajstić information content (AvgIpc) is 3.48. The van der Waals surface area contributed by atoms with Crippen molar-refractivity contribution in [1.82, 2.24) is 25.1 Å². The number of aliphatic imine (C=N–C) groups is 1. The number of rotatable bonds is 7. The number of ether oxygens (including phenoxy) is 1. The molecule has 6 rings (SSSR count). The van der Waals surface area contributed by atoms with E-state index in [-0.39, 0.29) is 23.6 Å². The fourth-order valence-corrected chi connectivity index (χ4v) is 6.15. The zero-order chi connectivity index (χ0) is 25.8. The molecular weight excluding hydrogens is 502 g/mol. The van der Waals surface area contributed by atoms with Crippen LogP contribution in [0.2, 0.25) is 0 Å². The predicted octanol–water partition coefficient (Wildman–Crippen LogP) is 4.18. The molecule has 1 fully saturated rings. The van der Waals surface area contributed by atoms with Crippen LogP contribution in [0.3, 0.4) is 0 Å². The number of anilines is 2. The number of aromatic nitrogens is 5. The van der Waals surface area contributed by atoms with Crippen molar-refractivity contribution >= 4 is 39.5 Å². The first-order valence-electron chi connectivity index (χ1n) is 11.5. The number of aryl methyl sites for hydroxylation is 1. The summed E-state index contributed by atoms with van der Waals surface area (Å²) < 4.78 is 38.8. The van der Waals surface area contributed by atoms with E-state index in [9.17, 15) is 4.39 Å². The minimum atomic E-state index is -0.974. The average molecular weight is 525 g/mol. The number of halogens is 2. The van der Waals surface area contributed by atoms with Crippen LogP contribution < -0.4 is 15.8 Å². The van der Waals surface area contributed by atoms with Crippen molar-refractivity contribution in [2.24, 2.45) is 16.6 Å². The van der Waals surface area contributed by atoms with Crippen molar-refractivity contribution in [3.63, 3.8) is 0 Å². The molecule has 0 radical (unpaired) electrons. The van der Waals surface area contributed by atoms with Gasteiger partial charge < -0.3 is 20.3 Å². The Bertz CT molecular complexity index is 1550. The molecule has 1 aromatic carbocycles. The molecule has 37 heavy (non-hydrogen) atoms. The van der Waals surface area contributed by atoms with Crippen LogP contribution in [0.15, 0.2) is 46.2 Å². The summed E-state index contributed by atoms with van der Waals surface area (Å²) in [6.45, 7) is 3.05. The SMILES string of the molecule is Cc1nc(COc2cnc3c(Nc4ccc(F)c([C@]5(C)N=C(N)S[C@@]6(CF)C[C@H]65)c4)nccc3n2)no1. The maximum atomic E-state index is 15.1. The minimum absolute atomic E-state index is 0.0844. The summed E-state index contributed by atoms with van der Waals surface area (Å²) in [6, 6.07) is 6.33. The third-order valence-electron chi connectivity index (χ3n) is 6.71. The Balaban J connectivity index is 1.27. The number of nitrogens with zero attached hydrogens (tertiary/aromatic N) is 6. The van der Waals surface area contributed by atoms with E-state index < -0.39 is 22.8 Å². The second-order valence-corrected chi connectivity index (χ2v) is 10.7. The van der Waals surface area contributed by atoms with Crippen LogP contribution in [0.25, 0.3) is 11.0 Å². The molecule has 2 aliphatic rings. The number of hydrogen-bond acceptors (Lipinski definition) is 11. The standard InChI is InChI=1S/C24H22F2N8O2S/c1-12-30-18(34-36-12)10-35-19-9-29-20-16(32-19)5-6-28-21(20)31-13-3-4-15(26)14(7-13)23(2)17-8-24(17,11-25)37-22(27)33-23/h3-7,9,17H,8,10-11H2,1-2H3,(H2,27,33)(H,28,31)/t17-,23-,24+/m0/s1. The molecule has 1 aliphatic carbocycles. The van der Waals surface area contributed by atoms with Crippen LogP contribution in [0, 0.1) is 18.7 Å². The third-order valence-corrected chi connectivity index (χ3v) is 7.98. The van der Waals surface area contributed by atoms with E-state index in [4.69, 9.17) is 15.0 Å². The number of pyridine rings is 1. The Morgan fingerprint density at radius 2 is 2.14 bits per heavy atom. The van der Waals surface area contributed by atoms with Crippen molar-refractivity contribution in [2.75, 3.05) is 12.0 Å². The van der Waals surface area contributed by atoms with Crippen LogP contribution in [-0.2, 0) is 12.1 Å². The zero-order valence-corrected chi connectivity index (χ0v) is 20.7. The summed E-state index contributed by atoms with van der Waals surface area (Å²) in [5.41, 5.74) is 7.02. The first-order valence-corrected chi connectivity index (χ1v) is 12.3. The Labute approximate surface area is 214 Å². The lowest BCUT2D eigenvalue weighted by atomic mass is 9.85. The van der Waals surface area contributed by atoms with E-state index >= 15 is 4.39 Å². The van der Waals surface area contributed by atoms with Crippen LogP contribution in [0.5, 0.6) is 5.88 Å². The summed E-state index contributed by atoms with van der Waals surface area (Å²) in [6.07, 6.45) is 3.64. The van der Waals surface area contributed by atoms with E-state index in [1.165, 1.54) is 24.0 Å². The summed E-state index contributed by atoms with van der Waals surface area (Å²) in [5.74, 6) is 0.980. The molecule has 0 saturated heterocycles. The molecule has 1 saturated carbocycles. The van der Waals surface area contributed by atoms with Gasteiger partial charge in [-0.1, -0.05) is 16.9 Å². The number of amidine groups is 1. The summed E-state index contributed by atoms with van der Waals surface area (Å²) >= 11 is 1.25. The largest absolute Gasteiger partial charge is 0.468 e. The molecule has 4 heterocycles. The minimum Gasteiger partial charge on any atom is -0.468 e. The summed E-state index contributed by atoms with van der Waals surface area (Å²) in [7, 11) is 0. The number of hydrogen-bond donors (Lipinski definition) is 2. The molecule has 3 aromatic heterocycles. The van der Waals surface area contributed by atoms with E-state index in [1.54, 1.807) is 31.3 Å². The van der Waals surface area contributed by atoms with Gasteiger partial charge in [-0.15, -0.1) is 0 Å². The molecule has 10 nitrogen and oxygen atoms in total. The van der Waals surface area contributed by atoms with Gasteiger partial charge in [-0.05, 0) is 37.6 Å². The van der Waals surface area contributed by atoms with Gasteiger partial charge in [0.05, 0.1) is 22.0 Å². The summed E-state index contributed by atoms with van der Waals surface area (Å²) in [5, 5.41) is 7.26. The van der Waals surface area contributed by atoms with Gasteiger partial charge in [0.1, 0.15) is 18.0 Å². The van der Waals surface area contributed by atoms with Crippen molar-refractivity contribution in [2.45, 2.75) is 37.2 Å². The number of thioether (sulfide) groups is 1. The molecule has 13 heteroatoms. The van der Waals surface area contributed by atoms with Crippen molar-refractivity contribution in [3.05, 3.63) is 59.8 Å². The molecule has 3 atom stereocenters. The normalized spacial score (nSPS) is 24.4. The molecular formula is C24H22F2N8O2S. The number of nitrogens with two attached hydrogens (primary N) is 1. The highest BCUT2D eigenvalue weighted by Gasteiger charge is 2.66. The van der Waals surface area contributed by atoms with E-state index in [2.05, 4.69) is 35.4 Å². The second kappa shape index (κ2) is 8.61. The maximum absolute atomic E-state index is 15.1. The smallest absolute Gasteiger partial charge is 0.233 e. The molecule has 1 aliphatic heterocycles. The maximum Gasteiger partial charge on any atom is 0.233 e. The lowest BCUT2D eigenvalue weighted by Gasteiger charge is -2.33. The fourth-order valence-electron chi connectivity index (χ4n) is 4.83. The van der Waals surface area contributed by atoms with Gasteiger partial charge in [-0.2, -0.15) is 4.98 Å². The van der Waals surface area contributed by atoms with Crippen molar-refractivity contribution < 1.29 is 18.0 Å². The highest BCUT2D eigenvalue weighted by atomic mass is 32.2. The lowest BCUT2D eigenvalue weighted by molar-refractivity contribution is 0.275. The molecule has 190 valence electrons. The van der Waals surface area contributed by atoms with Crippen LogP contribution in [0.4, 0.5) is 20.3 Å². The monoisotopic (exact) mass is 524 g/mol. The number of fused-ring (bicyclic) bond motifs is 2. The van der Waals surface area contributed by atoms with Crippen molar-refractivity contribution in [3.8, 4) is 5.88 Å². The Kier molecular flexibility index (Phi) is 5.48. The summed E-state index contributed by atoms with van der Waals surface area (Å²) in [4.78, 5) is 22.0. The van der Waals surface area contributed by atoms with Gasteiger partial charge in [0.15, 0.2) is 17.6 Å². The Morgan fingerprint density at radius 3 is 2.92 bits per heavy atom. The number of nitrogens with one attached hydrogen (secondary N) is 1. The van der Waals surface area contributed by atoms with E-state index in [0.29, 0.717) is 46.2 Å². The van der Waals surface area contributed by atoms with Crippen LogP contribution >= 0.6 is 11.8 Å². The number of benzene rings is 1. The molecule has 0 spiro atoms. The Morgan fingerprint density at radius 1 is 1.27 bits per heavy atom. The second-order valence-electron chi connectivity index (χ2n) is 9.23. The molecule has 0 amide bonds. The molecule has 0 bridgehead atoms. The lowest BCUT2D eigenvalue weighted by Crippen LogP contribution is -2.36. The predicted molar refractivity (Wildman–Crippen MR) is 134 cm³/mol. The van der Waals surface area contributed by atoms with Gasteiger partial charge >= 0.3 is 0 Å². The molecule has 3 N–H and O–H groups in total. The first-order chi connectivity index (χ1) is 17.8. The highest BCUT2D eigenvalue weighted by molar-refractivity contribution is 8.15. The zero-order valence-electron chi connectivity index (χ0n) is 19.9. The van der Waals surface area contributed by atoms with Gasteiger partial charge in [0, 0.05) is 30.3 Å². The fraction of sp³-hybridized carbons (Fsp3) is 0.333.